The largest absolute Gasteiger partial charge is 0.496 e. The standard InChI is InChI=1S/C19H15NO/c1-21-19-8-4-7-17-16(19)12-18(20-17)15-10-9-13-5-2-3-6-14(13)11-15/h2-12,20H,1H3. The van der Waals surface area contributed by atoms with Crippen molar-refractivity contribution in [3.63, 3.8) is 0 Å². The van der Waals surface area contributed by atoms with E-state index in [4.69, 9.17) is 4.74 Å². The van der Waals surface area contributed by atoms with Gasteiger partial charge in [0, 0.05) is 16.6 Å². The second-order valence-corrected chi connectivity index (χ2v) is 5.17. The summed E-state index contributed by atoms with van der Waals surface area (Å²) in [5.41, 5.74) is 3.39. The number of methoxy groups -OCH3 is 1. The zero-order valence-electron chi connectivity index (χ0n) is 11.8. The highest BCUT2D eigenvalue weighted by molar-refractivity contribution is 5.93. The van der Waals surface area contributed by atoms with Gasteiger partial charge in [0.2, 0.25) is 0 Å². The lowest BCUT2D eigenvalue weighted by Crippen LogP contribution is -1.81. The highest BCUT2D eigenvalue weighted by atomic mass is 16.5. The number of rotatable bonds is 2. The number of aromatic amines is 1. The van der Waals surface area contributed by atoms with Crippen LogP contribution in [0.2, 0.25) is 0 Å². The molecule has 1 aromatic heterocycles. The van der Waals surface area contributed by atoms with E-state index < -0.39 is 0 Å². The number of hydrogen-bond acceptors (Lipinski definition) is 1. The molecule has 0 bridgehead atoms. The van der Waals surface area contributed by atoms with E-state index in [9.17, 15) is 0 Å². The van der Waals surface area contributed by atoms with Crippen LogP contribution in [-0.2, 0) is 0 Å². The molecule has 102 valence electrons. The van der Waals surface area contributed by atoms with Crippen LogP contribution in [0.4, 0.5) is 0 Å². The first-order chi connectivity index (χ1) is 10.3. The Kier molecular flexibility index (Phi) is 2.68. The van der Waals surface area contributed by atoms with E-state index in [2.05, 4.69) is 59.6 Å². The fraction of sp³-hybridized carbons (Fsp3) is 0.0526. The van der Waals surface area contributed by atoms with E-state index in [0.29, 0.717) is 0 Å². The molecule has 0 aliphatic rings. The van der Waals surface area contributed by atoms with Gasteiger partial charge >= 0.3 is 0 Å². The van der Waals surface area contributed by atoms with Crippen LogP contribution in [0, 0.1) is 0 Å². The Bertz CT molecular complexity index is 937. The van der Waals surface area contributed by atoms with Gasteiger partial charge in [-0.2, -0.15) is 0 Å². The highest BCUT2D eigenvalue weighted by Crippen LogP contribution is 2.31. The SMILES string of the molecule is COc1cccc2[nH]c(-c3ccc4ccccc4c3)cc12. The number of aromatic nitrogens is 1. The van der Waals surface area contributed by atoms with Crippen LogP contribution in [0.1, 0.15) is 0 Å². The molecule has 0 aliphatic heterocycles. The summed E-state index contributed by atoms with van der Waals surface area (Å²) in [7, 11) is 1.71. The van der Waals surface area contributed by atoms with Crippen LogP contribution < -0.4 is 4.74 Å². The number of ether oxygens (including phenoxy) is 1. The van der Waals surface area contributed by atoms with Crippen molar-refractivity contribution in [2.75, 3.05) is 7.11 Å². The topological polar surface area (TPSA) is 25.0 Å². The molecule has 3 aromatic carbocycles. The molecule has 0 saturated carbocycles. The van der Waals surface area contributed by atoms with Crippen LogP contribution >= 0.6 is 0 Å². The van der Waals surface area contributed by atoms with Crippen molar-refractivity contribution in [3.05, 3.63) is 66.7 Å². The third-order valence-electron chi connectivity index (χ3n) is 3.90. The van der Waals surface area contributed by atoms with Crippen LogP contribution in [0.25, 0.3) is 32.9 Å². The van der Waals surface area contributed by atoms with Crippen LogP contribution in [0.5, 0.6) is 5.75 Å². The molecule has 0 radical (unpaired) electrons. The maximum atomic E-state index is 5.43. The smallest absolute Gasteiger partial charge is 0.128 e. The van der Waals surface area contributed by atoms with Crippen molar-refractivity contribution >= 4 is 21.7 Å². The number of hydrogen-bond donors (Lipinski definition) is 1. The van der Waals surface area contributed by atoms with E-state index in [1.807, 2.05) is 12.1 Å². The fourth-order valence-electron chi connectivity index (χ4n) is 2.82. The molecule has 4 aromatic rings. The number of nitrogens with one attached hydrogen (secondary N) is 1. The lowest BCUT2D eigenvalue weighted by Gasteiger charge is -2.01. The Morgan fingerprint density at radius 1 is 0.810 bits per heavy atom. The quantitative estimate of drug-likeness (QED) is 0.546. The molecule has 0 spiro atoms. The van der Waals surface area contributed by atoms with Crippen LogP contribution in [0.3, 0.4) is 0 Å². The Labute approximate surface area is 123 Å². The molecule has 0 fully saturated rings. The van der Waals surface area contributed by atoms with E-state index >= 15 is 0 Å². The van der Waals surface area contributed by atoms with Crippen molar-refractivity contribution in [2.45, 2.75) is 0 Å². The van der Waals surface area contributed by atoms with Crippen molar-refractivity contribution in [3.8, 4) is 17.0 Å². The summed E-state index contributed by atoms with van der Waals surface area (Å²) < 4.78 is 5.43. The van der Waals surface area contributed by atoms with E-state index in [1.165, 1.54) is 16.3 Å². The van der Waals surface area contributed by atoms with Gasteiger partial charge in [0.25, 0.3) is 0 Å². The molecule has 0 aliphatic carbocycles. The average molecular weight is 273 g/mol. The third kappa shape index (κ3) is 1.96. The van der Waals surface area contributed by atoms with Crippen molar-refractivity contribution in [2.24, 2.45) is 0 Å². The summed E-state index contributed by atoms with van der Waals surface area (Å²) in [5, 5.41) is 3.62. The zero-order chi connectivity index (χ0) is 14.2. The van der Waals surface area contributed by atoms with Gasteiger partial charge in [-0.1, -0.05) is 42.5 Å². The molecular weight excluding hydrogens is 258 g/mol. The Balaban J connectivity index is 1.91. The molecule has 0 atom stereocenters. The first-order valence-corrected chi connectivity index (χ1v) is 7.00. The minimum absolute atomic E-state index is 0.899. The first-order valence-electron chi connectivity index (χ1n) is 7.00. The molecule has 21 heavy (non-hydrogen) atoms. The maximum Gasteiger partial charge on any atom is 0.128 e. The van der Waals surface area contributed by atoms with Crippen molar-refractivity contribution in [1.82, 2.24) is 4.98 Å². The number of benzene rings is 3. The van der Waals surface area contributed by atoms with Crippen LogP contribution in [-0.4, -0.2) is 12.1 Å². The van der Waals surface area contributed by atoms with Gasteiger partial charge in [0.15, 0.2) is 0 Å². The van der Waals surface area contributed by atoms with Gasteiger partial charge in [-0.15, -0.1) is 0 Å². The van der Waals surface area contributed by atoms with Gasteiger partial charge in [0.05, 0.1) is 7.11 Å². The second-order valence-electron chi connectivity index (χ2n) is 5.17. The Morgan fingerprint density at radius 2 is 1.67 bits per heavy atom. The summed E-state index contributed by atoms with van der Waals surface area (Å²) in [6, 6.07) is 23.1. The monoisotopic (exact) mass is 273 g/mol. The molecule has 0 amide bonds. The molecule has 0 saturated heterocycles. The lowest BCUT2D eigenvalue weighted by atomic mass is 10.1. The normalized spacial score (nSPS) is 11.1. The molecule has 1 N–H and O–H groups in total. The zero-order valence-corrected chi connectivity index (χ0v) is 11.8. The van der Waals surface area contributed by atoms with Gasteiger partial charge in [0.1, 0.15) is 5.75 Å². The molecule has 2 nitrogen and oxygen atoms in total. The predicted molar refractivity (Wildman–Crippen MR) is 87.8 cm³/mol. The predicted octanol–water partition coefficient (Wildman–Crippen LogP) is 5.00. The van der Waals surface area contributed by atoms with Crippen molar-refractivity contribution < 1.29 is 4.74 Å². The van der Waals surface area contributed by atoms with Gasteiger partial charge in [-0.3, -0.25) is 0 Å². The van der Waals surface area contributed by atoms with Gasteiger partial charge in [-0.25, -0.2) is 0 Å². The van der Waals surface area contributed by atoms with Crippen LogP contribution in [0.15, 0.2) is 66.7 Å². The average Bonchev–Trinajstić information content (AvgIpc) is 2.98. The van der Waals surface area contributed by atoms with E-state index in [-0.39, 0.29) is 0 Å². The fourth-order valence-corrected chi connectivity index (χ4v) is 2.82. The molecule has 1 heterocycles. The summed E-state index contributed by atoms with van der Waals surface area (Å²) in [6.45, 7) is 0. The molecule has 0 unspecified atom stereocenters. The Morgan fingerprint density at radius 3 is 2.52 bits per heavy atom. The minimum atomic E-state index is 0.899. The molecule has 4 rings (SSSR count). The number of H-pyrrole nitrogens is 1. The first kappa shape index (κ1) is 12.0. The maximum absolute atomic E-state index is 5.43. The summed E-state index contributed by atoms with van der Waals surface area (Å²) >= 11 is 0. The Hall–Kier alpha value is -2.74. The van der Waals surface area contributed by atoms with E-state index in [0.717, 1.165) is 22.3 Å². The van der Waals surface area contributed by atoms with Gasteiger partial charge in [-0.05, 0) is 40.6 Å². The van der Waals surface area contributed by atoms with Gasteiger partial charge < -0.3 is 9.72 Å². The molecule has 2 heteroatoms. The van der Waals surface area contributed by atoms with E-state index in [1.54, 1.807) is 7.11 Å². The highest BCUT2D eigenvalue weighted by Gasteiger charge is 2.07. The molecular formula is C19H15NO. The third-order valence-corrected chi connectivity index (χ3v) is 3.90. The summed E-state index contributed by atoms with van der Waals surface area (Å²) in [4.78, 5) is 3.47. The van der Waals surface area contributed by atoms with Crippen molar-refractivity contribution in [1.29, 1.82) is 0 Å². The number of fused-ring (bicyclic) bond motifs is 2. The lowest BCUT2D eigenvalue weighted by molar-refractivity contribution is 0.420. The minimum Gasteiger partial charge on any atom is -0.496 e. The summed E-state index contributed by atoms with van der Waals surface area (Å²) in [6.07, 6.45) is 0. The summed E-state index contributed by atoms with van der Waals surface area (Å²) in [5.74, 6) is 0.899. The second kappa shape index (κ2) is 4.67.